The number of esters is 1. The molecule has 2 rings (SSSR count). The number of carboxylic acid groups (broad SMARTS) is 1. The highest BCUT2D eigenvalue weighted by atomic mass is 16.5. The van der Waals surface area contributed by atoms with Gasteiger partial charge in [0.05, 0.1) is 19.6 Å². The summed E-state index contributed by atoms with van der Waals surface area (Å²) in [5.74, 6) is -1.66. The van der Waals surface area contributed by atoms with E-state index in [9.17, 15) is 9.59 Å². The molecule has 0 amide bonds. The molecule has 0 bridgehead atoms. The average Bonchev–Trinajstić information content (AvgIpc) is 2.06. The van der Waals surface area contributed by atoms with Crippen molar-refractivity contribution in [3.8, 4) is 0 Å². The van der Waals surface area contributed by atoms with Gasteiger partial charge in [-0.25, -0.2) is 4.79 Å². The van der Waals surface area contributed by atoms with Crippen molar-refractivity contribution < 1.29 is 24.2 Å². The lowest BCUT2D eigenvalue weighted by atomic mass is 9.65. The van der Waals surface area contributed by atoms with Crippen molar-refractivity contribution in [2.45, 2.75) is 25.4 Å². The van der Waals surface area contributed by atoms with Crippen molar-refractivity contribution in [2.75, 3.05) is 13.2 Å². The summed E-state index contributed by atoms with van der Waals surface area (Å²) in [6.45, 7) is 4.79. The predicted octanol–water partition coefficient (Wildman–Crippen LogP) is 0.739. The molecule has 0 atom stereocenters. The van der Waals surface area contributed by atoms with Gasteiger partial charge in [0.15, 0.2) is 0 Å². The summed E-state index contributed by atoms with van der Waals surface area (Å²) in [4.78, 5) is 21.7. The molecule has 1 aliphatic carbocycles. The fourth-order valence-corrected chi connectivity index (χ4v) is 2.09. The minimum atomic E-state index is -1.16. The number of ether oxygens (including phenoxy) is 2. The molecule has 2 fully saturated rings. The van der Waals surface area contributed by atoms with Crippen LogP contribution >= 0.6 is 0 Å². The smallest absolute Gasteiger partial charge is 0.331 e. The molecule has 1 saturated heterocycles. The predicted molar refractivity (Wildman–Crippen MR) is 53.8 cm³/mol. The lowest BCUT2D eigenvalue weighted by Gasteiger charge is -2.52. The van der Waals surface area contributed by atoms with Gasteiger partial charge in [-0.3, -0.25) is 4.79 Å². The van der Waals surface area contributed by atoms with Gasteiger partial charge in [-0.05, 0) is 12.8 Å². The second-order valence-corrected chi connectivity index (χ2v) is 4.60. The topological polar surface area (TPSA) is 72.8 Å². The third-order valence-electron chi connectivity index (χ3n) is 3.10. The van der Waals surface area contributed by atoms with Crippen LogP contribution in [-0.4, -0.2) is 36.4 Å². The van der Waals surface area contributed by atoms with Gasteiger partial charge >= 0.3 is 11.9 Å². The largest absolute Gasteiger partial charge is 0.478 e. The maximum atomic E-state index is 11.3. The summed E-state index contributed by atoms with van der Waals surface area (Å²) in [5.41, 5.74) is 0.111. The van der Waals surface area contributed by atoms with Crippen LogP contribution in [0.2, 0.25) is 0 Å². The van der Waals surface area contributed by atoms with Crippen molar-refractivity contribution >= 4 is 11.9 Å². The Morgan fingerprint density at radius 3 is 2.50 bits per heavy atom. The van der Waals surface area contributed by atoms with Crippen LogP contribution in [0.15, 0.2) is 12.2 Å². The van der Waals surface area contributed by atoms with Crippen molar-refractivity contribution in [1.82, 2.24) is 0 Å². The van der Waals surface area contributed by atoms with E-state index in [1.165, 1.54) is 0 Å². The SMILES string of the molecule is C=C(CC(=O)OC1CC2(COC2)C1)C(=O)O. The molecule has 88 valence electrons. The zero-order valence-electron chi connectivity index (χ0n) is 8.90. The van der Waals surface area contributed by atoms with Crippen LogP contribution < -0.4 is 0 Å². The van der Waals surface area contributed by atoms with Crippen LogP contribution in [0.5, 0.6) is 0 Å². The molecule has 0 aromatic carbocycles. The van der Waals surface area contributed by atoms with Crippen molar-refractivity contribution in [3.63, 3.8) is 0 Å². The molecule has 16 heavy (non-hydrogen) atoms. The number of hydrogen-bond acceptors (Lipinski definition) is 4. The average molecular weight is 226 g/mol. The number of aliphatic carboxylic acids is 1. The second kappa shape index (κ2) is 3.90. The Morgan fingerprint density at radius 2 is 2.06 bits per heavy atom. The third-order valence-corrected chi connectivity index (χ3v) is 3.10. The normalized spacial score (nSPS) is 22.0. The van der Waals surface area contributed by atoms with Crippen molar-refractivity contribution in [2.24, 2.45) is 5.41 Å². The van der Waals surface area contributed by atoms with E-state index in [1.807, 2.05) is 0 Å². The Hall–Kier alpha value is -1.36. The number of carboxylic acids is 1. The zero-order valence-corrected chi connectivity index (χ0v) is 8.90. The van der Waals surface area contributed by atoms with E-state index in [0.29, 0.717) is 0 Å². The summed E-state index contributed by atoms with van der Waals surface area (Å²) in [5, 5.41) is 8.54. The molecule has 2 aliphatic rings. The summed E-state index contributed by atoms with van der Waals surface area (Å²) in [6.07, 6.45) is 1.35. The number of carbonyl (C=O) groups excluding carboxylic acids is 1. The highest BCUT2D eigenvalue weighted by Gasteiger charge is 2.51. The molecule has 1 heterocycles. The summed E-state index contributed by atoms with van der Waals surface area (Å²) < 4.78 is 10.2. The molecular weight excluding hydrogens is 212 g/mol. The third kappa shape index (κ3) is 2.09. The molecule has 1 aliphatic heterocycles. The monoisotopic (exact) mass is 226 g/mol. The molecule has 0 aromatic heterocycles. The molecule has 5 heteroatoms. The van der Waals surface area contributed by atoms with Gasteiger partial charge < -0.3 is 14.6 Å². The number of rotatable bonds is 4. The molecule has 1 spiro atoms. The summed E-state index contributed by atoms with van der Waals surface area (Å²) in [6, 6.07) is 0. The highest BCUT2D eigenvalue weighted by molar-refractivity contribution is 5.91. The summed E-state index contributed by atoms with van der Waals surface area (Å²) in [7, 11) is 0. The molecule has 0 radical (unpaired) electrons. The maximum absolute atomic E-state index is 11.3. The lowest BCUT2D eigenvalue weighted by Crippen LogP contribution is -2.55. The van der Waals surface area contributed by atoms with Crippen LogP contribution in [0, 0.1) is 5.41 Å². The Kier molecular flexibility index (Phi) is 2.71. The van der Waals surface area contributed by atoms with Crippen LogP contribution in [0.1, 0.15) is 19.3 Å². The van der Waals surface area contributed by atoms with E-state index >= 15 is 0 Å². The molecule has 1 saturated carbocycles. The number of carbonyl (C=O) groups is 2. The van der Waals surface area contributed by atoms with E-state index in [4.69, 9.17) is 14.6 Å². The van der Waals surface area contributed by atoms with Gasteiger partial charge in [0, 0.05) is 11.0 Å². The van der Waals surface area contributed by atoms with E-state index in [1.54, 1.807) is 0 Å². The lowest BCUT2D eigenvalue weighted by molar-refractivity contribution is -0.211. The van der Waals surface area contributed by atoms with Gasteiger partial charge in [-0.2, -0.15) is 0 Å². The standard InChI is InChI=1S/C11H14O5/c1-7(10(13)14)2-9(12)16-8-3-11(4-8)5-15-6-11/h8H,1-6H2,(H,13,14). The minimum Gasteiger partial charge on any atom is -0.478 e. The molecule has 0 unspecified atom stereocenters. The van der Waals surface area contributed by atoms with Crippen LogP contribution in [-0.2, 0) is 19.1 Å². The first-order valence-electron chi connectivity index (χ1n) is 5.19. The van der Waals surface area contributed by atoms with E-state index in [-0.39, 0.29) is 23.5 Å². The Bertz CT molecular complexity index is 334. The van der Waals surface area contributed by atoms with Gasteiger partial charge in [-0.1, -0.05) is 6.58 Å². The zero-order chi connectivity index (χ0) is 11.8. The van der Waals surface area contributed by atoms with Crippen molar-refractivity contribution in [1.29, 1.82) is 0 Å². The fourth-order valence-electron chi connectivity index (χ4n) is 2.09. The van der Waals surface area contributed by atoms with E-state index in [0.717, 1.165) is 26.1 Å². The Morgan fingerprint density at radius 1 is 1.44 bits per heavy atom. The Labute approximate surface area is 93.0 Å². The first kappa shape index (κ1) is 11.1. The van der Waals surface area contributed by atoms with Crippen LogP contribution in [0.4, 0.5) is 0 Å². The fraction of sp³-hybridized carbons (Fsp3) is 0.636. The molecule has 1 N–H and O–H groups in total. The highest BCUT2D eigenvalue weighted by Crippen LogP contribution is 2.48. The molecule has 5 nitrogen and oxygen atoms in total. The first-order chi connectivity index (χ1) is 7.51. The second-order valence-electron chi connectivity index (χ2n) is 4.60. The van der Waals surface area contributed by atoms with Gasteiger partial charge in [-0.15, -0.1) is 0 Å². The maximum Gasteiger partial charge on any atom is 0.331 e. The Balaban J connectivity index is 1.69. The number of hydrogen-bond donors (Lipinski definition) is 1. The summed E-state index contributed by atoms with van der Waals surface area (Å²) >= 11 is 0. The van der Waals surface area contributed by atoms with Gasteiger partial charge in [0.2, 0.25) is 0 Å². The first-order valence-corrected chi connectivity index (χ1v) is 5.19. The molecule has 0 aromatic rings. The quantitative estimate of drug-likeness (QED) is 0.565. The van der Waals surface area contributed by atoms with Gasteiger partial charge in [0.1, 0.15) is 6.10 Å². The van der Waals surface area contributed by atoms with E-state index in [2.05, 4.69) is 6.58 Å². The van der Waals surface area contributed by atoms with Crippen molar-refractivity contribution in [3.05, 3.63) is 12.2 Å². The van der Waals surface area contributed by atoms with Crippen LogP contribution in [0.25, 0.3) is 0 Å². The van der Waals surface area contributed by atoms with E-state index < -0.39 is 11.9 Å². The minimum absolute atomic E-state index is 0.0713. The van der Waals surface area contributed by atoms with Gasteiger partial charge in [0.25, 0.3) is 0 Å². The molecular formula is C11H14O5. The van der Waals surface area contributed by atoms with Crippen LogP contribution in [0.3, 0.4) is 0 Å².